The lowest BCUT2D eigenvalue weighted by Crippen LogP contribution is -2.30. The zero-order valence-electron chi connectivity index (χ0n) is 10.7. The zero-order chi connectivity index (χ0) is 13.1. The summed E-state index contributed by atoms with van der Waals surface area (Å²) < 4.78 is 6.39. The van der Waals surface area contributed by atoms with Crippen molar-refractivity contribution in [2.24, 2.45) is 0 Å². The van der Waals surface area contributed by atoms with Crippen molar-refractivity contribution in [3.8, 4) is 0 Å². The van der Waals surface area contributed by atoms with Gasteiger partial charge in [-0.25, -0.2) is 9.31 Å². The van der Waals surface area contributed by atoms with E-state index in [4.69, 9.17) is 4.74 Å². The van der Waals surface area contributed by atoms with Crippen molar-refractivity contribution in [3.05, 3.63) is 23.9 Å². The highest BCUT2D eigenvalue weighted by Crippen LogP contribution is 2.09. The van der Waals surface area contributed by atoms with Gasteiger partial charge in [-0.15, -0.1) is 5.10 Å². The molecule has 0 saturated carbocycles. The number of fused-ring (bicyclic) bond motifs is 1. The summed E-state index contributed by atoms with van der Waals surface area (Å²) in [7, 11) is 1.37. The van der Waals surface area contributed by atoms with Gasteiger partial charge in [0.15, 0.2) is 5.65 Å². The van der Waals surface area contributed by atoms with Crippen molar-refractivity contribution in [1.29, 1.82) is 0 Å². The molecule has 2 aromatic rings. The zero-order valence-corrected chi connectivity index (χ0v) is 10.7. The summed E-state index contributed by atoms with van der Waals surface area (Å²) >= 11 is 0. The van der Waals surface area contributed by atoms with Gasteiger partial charge in [-0.3, -0.25) is 0 Å². The average Bonchev–Trinajstić information content (AvgIpc) is 2.76. The van der Waals surface area contributed by atoms with Crippen LogP contribution in [-0.4, -0.2) is 33.7 Å². The van der Waals surface area contributed by atoms with E-state index in [2.05, 4.69) is 15.4 Å². The number of hydrogen-bond acceptors (Lipinski definition) is 5. The molecule has 0 spiro atoms. The predicted octanol–water partition coefficient (Wildman–Crippen LogP) is 1.40. The molecule has 1 unspecified atom stereocenters. The van der Waals surface area contributed by atoms with Gasteiger partial charge in [0.2, 0.25) is 5.95 Å². The van der Waals surface area contributed by atoms with Crippen LogP contribution >= 0.6 is 0 Å². The molecule has 0 aromatic carbocycles. The summed E-state index contributed by atoms with van der Waals surface area (Å²) in [6.45, 7) is 3.88. The normalized spacial score (nSPS) is 12.4. The van der Waals surface area contributed by atoms with Crippen LogP contribution in [0.3, 0.4) is 0 Å². The molecular formula is C12H16N4O2. The Balaban J connectivity index is 2.23. The summed E-state index contributed by atoms with van der Waals surface area (Å²) in [5.41, 5.74) is 1.83. The van der Waals surface area contributed by atoms with E-state index >= 15 is 0 Å². The van der Waals surface area contributed by atoms with Crippen molar-refractivity contribution in [1.82, 2.24) is 14.6 Å². The summed E-state index contributed by atoms with van der Waals surface area (Å²) in [6.07, 6.45) is 2.49. The van der Waals surface area contributed by atoms with Crippen molar-refractivity contribution in [2.75, 3.05) is 12.4 Å². The largest absolute Gasteiger partial charge is 0.467 e. The second kappa shape index (κ2) is 5.03. The lowest BCUT2D eigenvalue weighted by atomic mass is 10.2. The fourth-order valence-electron chi connectivity index (χ4n) is 1.67. The second-order valence-electron chi connectivity index (χ2n) is 4.07. The van der Waals surface area contributed by atoms with E-state index in [1.54, 1.807) is 4.52 Å². The Hall–Kier alpha value is -2.11. The van der Waals surface area contributed by atoms with E-state index in [1.807, 2.05) is 32.2 Å². The first-order valence-corrected chi connectivity index (χ1v) is 5.81. The first kappa shape index (κ1) is 12.3. The monoisotopic (exact) mass is 248 g/mol. The van der Waals surface area contributed by atoms with Gasteiger partial charge in [-0.1, -0.05) is 13.0 Å². The van der Waals surface area contributed by atoms with Gasteiger partial charge in [0.05, 0.1) is 7.11 Å². The van der Waals surface area contributed by atoms with Crippen molar-refractivity contribution < 1.29 is 9.53 Å². The number of nitrogens with zero attached hydrogens (tertiary/aromatic N) is 3. The van der Waals surface area contributed by atoms with Crippen LogP contribution in [0.2, 0.25) is 0 Å². The number of anilines is 1. The molecule has 2 aromatic heterocycles. The van der Waals surface area contributed by atoms with Gasteiger partial charge in [0.25, 0.3) is 0 Å². The van der Waals surface area contributed by atoms with Gasteiger partial charge in [-0.05, 0) is 25.0 Å². The number of aryl methyl sites for hydroxylation is 1. The SMILES string of the molecule is CCC(Nc1nc2ccc(C)cn2n1)C(=O)OC. The van der Waals surface area contributed by atoms with Crippen LogP contribution in [0.15, 0.2) is 18.3 Å². The van der Waals surface area contributed by atoms with E-state index in [0.717, 1.165) is 11.2 Å². The maximum atomic E-state index is 11.5. The molecule has 0 bridgehead atoms. The summed E-state index contributed by atoms with van der Waals surface area (Å²) in [5.74, 6) is 0.116. The van der Waals surface area contributed by atoms with Crippen LogP contribution < -0.4 is 5.32 Å². The topological polar surface area (TPSA) is 68.5 Å². The Kier molecular flexibility index (Phi) is 3.45. The number of rotatable bonds is 4. The number of esters is 1. The molecular weight excluding hydrogens is 232 g/mol. The highest BCUT2D eigenvalue weighted by Gasteiger charge is 2.18. The quantitative estimate of drug-likeness (QED) is 0.828. The van der Waals surface area contributed by atoms with Crippen molar-refractivity contribution in [3.63, 3.8) is 0 Å². The highest BCUT2D eigenvalue weighted by molar-refractivity contribution is 5.78. The fraction of sp³-hybridized carbons (Fsp3) is 0.417. The molecule has 0 amide bonds. The Morgan fingerprint density at radius 3 is 3.00 bits per heavy atom. The Morgan fingerprint density at radius 1 is 1.56 bits per heavy atom. The molecule has 0 aliphatic rings. The molecule has 2 heterocycles. The van der Waals surface area contributed by atoms with Crippen molar-refractivity contribution in [2.45, 2.75) is 26.3 Å². The predicted molar refractivity (Wildman–Crippen MR) is 67.4 cm³/mol. The maximum Gasteiger partial charge on any atom is 0.328 e. The third-order valence-electron chi connectivity index (χ3n) is 2.68. The number of aromatic nitrogens is 3. The second-order valence-corrected chi connectivity index (χ2v) is 4.07. The lowest BCUT2D eigenvalue weighted by Gasteiger charge is -2.12. The van der Waals surface area contributed by atoms with Crippen LogP contribution in [0.5, 0.6) is 0 Å². The Bertz CT molecular complexity index is 564. The molecule has 1 N–H and O–H groups in total. The molecule has 96 valence electrons. The molecule has 0 aliphatic carbocycles. The number of pyridine rings is 1. The number of hydrogen-bond donors (Lipinski definition) is 1. The smallest absolute Gasteiger partial charge is 0.328 e. The van der Waals surface area contributed by atoms with Crippen LogP contribution in [-0.2, 0) is 9.53 Å². The molecule has 6 heteroatoms. The molecule has 0 fully saturated rings. The standard InChI is InChI=1S/C12H16N4O2/c1-4-9(11(17)18-3)13-12-14-10-6-5-8(2)7-16(10)15-12/h5-7,9H,4H2,1-3H3,(H,13,15). The summed E-state index contributed by atoms with van der Waals surface area (Å²) in [5, 5.41) is 7.24. The number of carbonyl (C=O) groups excluding carboxylic acids is 1. The fourth-order valence-corrected chi connectivity index (χ4v) is 1.67. The number of nitrogens with one attached hydrogen (secondary N) is 1. The van der Waals surface area contributed by atoms with E-state index < -0.39 is 6.04 Å². The van der Waals surface area contributed by atoms with E-state index in [1.165, 1.54) is 7.11 Å². The minimum absolute atomic E-state index is 0.312. The third-order valence-corrected chi connectivity index (χ3v) is 2.68. The van der Waals surface area contributed by atoms with E-state index in [0.29, 0.717) is 12.4 Å². The number of ether oxygens (including phenoxy) is 1. The molecule has 0 saturated heterocycles. The van der Waals surface area contributed by atoms with Crippen LogP contribution in [0.1, 0.15) is 18.9 Å². The first-order valence-electron chi connectivity index (χ1n) is 5.81. The van der Waals surface area contributed by atoms with Gasteiger partial charge < -0.3 is 10.1 Å². The molecule has 0 aliphatic heterocycles. The van der Waals surface area contributed by atoms with Crippen molar-refractivity contribution >= 4 is 17.6 Å². The molecule has 2 rings (SSSR count). The highest BCUT2D eigenvalue weighted by atomic mass is 16.5. The van der Waals surface area contributed by atoms with Gasteiger partial charge in [-0.2, -0.15) is 4.98 Å². The minimum atomic E-state index is -0.423. The molecule has 1 atom stereocenters. The summed E-state index contributed by atoms with van der Waals surface area (Å²) in [4.78, 5) is 15.8. The number of carbonyl (C=O) groups is 1. The molecule has 18 heavy (non-hydrogen) atoms. The van der Waals surface area contributed by atoms with Crippen LogP contribution in [0.4, 0.5) is 5.95 Å². The van der Waals surface area contributed by atoms with Gasteiger partial charge in [0.1, 0.15) is 6.04 Å². The van der Waals surface area contributed by atoms with E-state index in [-0.39, 0.29) is 5.97 Å². The average molecular weight is 248 g/mol. The third kappa shape index (κ3) is 2.42. The molecule has 0 radical (unpaired) electrons. The van der Waals surface area contributed by atoms with Crippen LogP contribution in [0, 0.1) is 6.92 Å². The van der Waals surface area contributed by atoms with E-state index in [9.17, 15) is 4.79 Å². The maximum absolute atomic E-state index is 11.5. The lowest BCUT2D eigenvalue weighted by molar-refractivity contribution is -0.141. The first-order chi connectivity index (χ1) is 8.63. The van der Waals surface area contributed by atoms with Gasteiger partial charge in [0, 0.05) is 6.20 Å². The summed E-state index contributed by atoms with van der Waals surface area (Å²) in [6, 6.07) is 3.42. The molecule has 6 nitrogen and oxygen atoms in total. The van der Waals surface area contributed by atoms with Gasteiger partial charge >= 0.3 is 5.97 Å². The Labute approximate surface area is 105 Å². The Morgan fingerprint density at radius 2 is 2.33 bits per heavy atom. The van der Waals surface area contributed by atoms with Crippen LogP contribution in [0.25, 0.3) is 5.65 Å². The minimum Gasteiger partial charge on any atom is -0.467 e. The number of methoxy groups -OCH3 is 1.